The zero-order valence-electron chi connectivity index (χ0n) is 28.9. The quantitative estimate of drug-likeness (QED) is 0.0757. The summed E-state index contributed by atoms with van der Waals surface area (Å²) in [5, 5.41) is 21.8. The summed E-state index contributed by atoms with van der Waals surface area (Å²) in [5.41, 5.74) is 6.09. The van der Waals surface area contributed by atoms with Crippen LogP contribution in [0.4, 0.5) is 11.4 Å². The Morgan fingerprint density at radius 1 is 0.780 bits per heavy atom. The molecule has 0 unspecified atom stereocenters. The Kier molecular flexibility index (Phi) is 14.3. The topological polar surface area (TPSA) is 135 Å². The van der Waals surface area contributed by atoms with Crippen molar-refractivity contribution in [3.8, 4) is 0 Å². The van der Waals surface area contributed by atoms with E-state index in [1.54, 1.807) is 18.0 Å². The average Bonchev–Trinajstić information content (AvgIpc) is 3.60. The van der Waals surface area contributed by atoms with E-state index in [2.05, 4.69) is 67.6 Å². The smallest absolute Gasteiger partial charge is 0.300 e. The monoisotopic (exact) mass is 680 g/mol. The van der Waals surface area contributed by atoms with Crippen LogP contribution in [0.1, 0.15) is 79.6 Å². The van der Waals surface area contributed by atoms with Gasteiger partial charge in [0.15, 0.2) is 11.3 Å². The Balaban J connectivity index is 0.000000316. The molecule has 264 valence electrons. The molecule has 0 fully saturated rings. The lowest BCUT2D eigenvalue weighted by Gasteiger charge is -2.24. The molecule has 5 aromatic rings. The average molecular weight is 681 g/mol. The first-order valence-electron chi connectivity index (χ1n) is 16.3. The number of amides is 1. The number of non-ortho nitro benzene ring substituents is 1. The molecule has 1 amide bonds. The van der Waals surface area contributed by atoms with Gasteiger partial charge in [-0.05, 0) is 44.9 Å². The number of carbonyl (C=O) groups excluding carboxylic acids is 2. The number of likely N-dealkylation sites (N-methyl/N-ethyl adjacent to an activating group) is 2. The van der Waals surface area contributed by atoms with E-state index in [-0.39, 0.29) is 36.9 Å². The molecule has 1 heterocycles. The summed E-state index contributed by atoms with van der Waals surface area (Å²) in [4.78, 5) is 38.7. The van der Waals surface area contributed by atoms with Gasteiger partial charge in [0.05, 0.1) is 17.2 Å². The Bertz CT molecular complexity index is 1840. The van der Waals surface area contributed by atoms with Crippen LogP contribution < -0.4 is 10.2 Å². The minimum Gasteiger partial charge on any atom is -0.371 e. The first-order chi connectivity index (χ1) is 23.5. The molecule has 0 aliphatic heterocycles. The first kappa shape index (κ1) is 39.0. The van der Waals surface area contributed by atoms with Crippen molar-refractivity contribution >= 4 is 34.1 Å². The molecule has 1 N–H and O–H groups in total. The zero-order chi connectivity index (χ0) is 35.5. The second-order valence-electron chi connectivity index (χ2n) is 12.5. The summed E-state index contributed by atoms with van der Waals surface area (Å²) in [7, 11) is 3.57. The van der Waals surface area contributed by atoms with Crippen molar-refractivity contribution in [2.24, 2.45) is 0 Å². The van der Waals surface area contributed by atoms with Crippen LogP contribution in [0.2, 0.25) is 0 Å². The van der Waals surface area contributed by atoms with Crippen molar-refractivity contribution in [2.45, 2.75) is 53.5 Å². The van der Waals surface area contributed by atoms with Gasteiger partial charge in [-0.25, -0.2) is 4.63 Å². The first-order valence-corrected chi connectivity index (χ1v) is 16.3. The van der Waals surface area contributed by atoms with Crippen LogP contribution in [0.25, 0.3) is 11.0 Å². The number of aromatic nitrogens is 2. The van der Waals surface area contributed by atoms with Crippen molar-refractivity contribution in [2.75, 3.05) is 38.6 Å². The predicted molar refractivity (Wildman–Crippen MR) is 199 cm³/mol. The molecule has 1 aromatic heterocycles. The molecule has 11 nitrogen and oxygen atoms in total. The highest BCUT2D eigenvalue weighted by molar-refractivity contribution is 6.08. The van der Waals surface area contributed by atoms with Crippen molar-refractivity contribution in [1.82, 2.24) is 20.5 Å². The van der Waals surface area contributed by atoms with Gasteiger partial charge in [0.25, 0.3) is 0 Å². The third kappa shape index (κ3) is 10.3. The summed E-state index contributed by atoms with van der Waals surface area (Å²) in [6.45, 7) is 10.5. The maximum Gasteiger partial charge on any atom is 0.300 e. The van der Waals surface area contributed by atoms with E-state index in [4.69, 9.17) is 4.63 Å². The minimum atomic E-state index is -0.519. The number of nitro groups is 1. The largest absolute Gasteiger partial charge is 0.371 e. The van der Waals surface area contributed by atoms with Crippen molar-refractivity contribution < 1.29 is 19.1 Å². The fourth-order valence-electron chi connectivity index (χ4n) is 5.09. The Morgan fingerprint density at radius 3 is 1.92 bits per heavy atom. The highest BCUT2D eigenvalue weighted by atomic mass is 16.6. The SMILES string of the molecule is C.CC(C)c1ccc(C(=O)c2ccccc2)cc1.CC(C)c1ccc(CNCC(=O)N(C)CCN(C)c2ccc([N+](=O)[O-])c3nonc23)cc1. The lowest BCUT2D eigenvalue weighted by atomic mass is 9.98. The molecule has 0 radical (unpaired) electrons. The number of anilines is 1. The van der Waals surface area contributed by atoms with Gasteiger partial charge < -0.3 is 15.1 Å². The van der Waals surface area contributed by atoms with Gasteiger partial charge in [-0.15, -0.1) is 0 Å². The zero-order valence-corrected chi connectivity index (χ0v) is 28.9. The van der Waals surface area contributed by atoms with E-state index >= 15 is 0 Å². The van der Waals surface area contributed by atoms with E-state index in [1.807, 2.05) is 66.5 Å². The van der Waals surface area contributed by atoms with Crippen LogP contribution in [-0.4, -0.2) is 65.6 Å². The summed E-state index contributed by atoms with van der Waals surface area (Å²) in [5.74, 6) is 1.05. The fourth-order valence-corrected chi connectivity index (χ4v) is 5.09. The van der Waals surface area contributed by atoms with Gasteiger partial charge in [0.1, 0.15) is 0 Å². The third-order valence-corrected chi connectivity index (χ3v) is 8.30. The number of rotatable bonds is 13. The van der Waals surface area contributed by atoms with Crippen LogP contribution in [0.5, 0.6) is 0 Å². The molecule has 0 saturated carbocycles. The number of hydrogen-bond donors (Lipinski definition) is 1. The van der Waals surface area contributed by atoms with Gasteiger partial charge in [-0.2, -0.15) is 0 Å². The van der Waals surface area contributed by atoms with Gasteiger partial charge in [-0.3, -0.25) is 19.7 Å². The van der Waals surface area contributed by atoms with Crippen LogP contribution in [-0.2, 0) is 11.3 Å². The summed E-state index contributed by atoms with van der Waals surface area (Å²) >= 11 is 0. The second-order valence-corrected chi connectivity index (χ2v) is 12.5. The molecule has 0 aliphatic carbocycles. The van der Waals surface area contributed by atoms with Crippen LogP contribution in [0.15, 0.2) is 95.6 Å². The molecule has 0 saturated heterocycles. The summed E-state index contributed by atoms with van der Waals surface area (Å²) < 4.78 is 4.71. The Morgan fingerprint density at radius 2 is 1.34 bits per heavy atom. The van der Waals surface area contributed by atoms with Crippen molar-refractivity contribution in [3.63, 3.8) is 0 Å². The minimum absolute atomic E-state index is 0. The molecule has 0 atom stereocenters. The standard InChI is InChI=1S/C22H28N6O4.C16H16O.CH4/c1-15(2)17-7-5-16(6-8-17)13-23-14-20(29)27(4)12-11-26(3)18-9-10-19(28(30)31)22-21(18)24-32-25-22;1-12(2)13-8-10-15(11-9-13)16(17)14-6-4-3-5-7-14;/h5-10,15,23H,11-14H2,1-4H3;3-12H,1-2H3;1H4. The van der Waals surface area contributed by atoms with E-state index < -0.39 is 4.92 Å². The van der Waals surface area contributed by atoms with E-state index in [0.717, 1.165) is 16.7 Å². The third-order valence-electron chi connectivity index (χ3n) is 8.30. The molecule has 5 rings (SSSR count). The number of nitrogens with zero attached hydrogens (tertiary/aromatic N) is 5. The summed E-state index contributed by atoms with van der Waals surface area (Å²) in [6.07, 6.45) is 0. The molecule has 4 aromatic carbocycles. The molecule has 0 aliphatic rings. The molecular weight excluding hydrogens is 632 g/mol. The Hall–Kier alpha value is -5.42. The van der Waals surface area contributed by atoms with Gasteiger partial charge in [0, 0.05) is 50.9 Å². The maximum atomic E-state index is 12.4. The van der Waals surface area contributed by atoms with Crippen LogP contribution in [0.3, 0.4) is 0 Å². The van der Waals surface area contributed by atoms with Gasteiger partial charge in [-0.1, -0.05) is 114 Å². The van der Waals surface area contributed by atoms with Crippen LogP contribution >= 0.6 is 0 Å². The number of fused-ring (bicyclic) bond motifs is 1. The molecule has 0 bridgehead atoms. The maximum absolute atomic E-state index is 12.4. The highest BCUT2D eigenvalue weighted by Crippen LogP contribution is 2.30. The summed E-state index contributed by atoms with van der Waals surface area (Å²) in [6, 6.07) is 28.6. The second kappa shape index (κ2) is 18.4. The molecule has 0 spiro atoms. The lowest BCUT2D eigenvalue weighted by molar-refractivity contribution is -0.383. The molecule has 11 heteroatoms. The molecule has 50 heavy (non-hydrogen) atoms. The lowest BCUT2D eigenvalue weighted by Crippen LogP contribution is -2.39. The van der Waals surface area contributed by atoms with Crippen molar-refractivity contribution in [1.29, 1.82) is 0 Å². The molecular formula is C39H48N6O5. The Labute approximate surface area is 294 Å². The fraction of sp³-hybridized carbons (Fsp3) is 0.333. The highest BCUT2D eigenvalue weighted by Gasteiger charge is 2.21. The van der Waals surface area contributed by atoms with Crippen molar-refractivity contribution in [3.05, 3.63) is 129 Å². The van der Waals surface area contributed by atoms with E-state index in [9.17, 15) is 19.7 Å². The van der Waals surface area contributed by atoms with E-state index in [0.29, 0.717) is 42.7 Å². The number of nitrogens with one attached hydrogen (secondary N) is 1. The van der Waals surface area contributed by atoms with Crippen LogP contribution in [0, 0.1) is 10.1 Å². The number of benzene rings is 4. The number of nitro benzene ring substituents is 1. The number of ketones is 1. The van der Waals surface area contributed by atoms with Gasteiger partial charge in [0.2, 0.25) is 11.4 Å². The number of hydrogen-bond acceptors (Lipinski definition) is 9. The predicted octanol–water partition coefficient (Wildman–Crippen LogP) is 7.62. The van der Waals surface area contributed by atoms with E-state index in [1.165, 1.54) is 17.2 Å². The normalized spacial score (nSPS) is 10.7. The number of carbonyl (C=O) groups is 2. The van der Waals surface area contributed by atoms with Gasteiger partial charge >= 0.3 is 5.69 Å².